The van der Waals surface area contributed by atoms with E-state index >= 15 is 0 Å². The average Bonchev–Trinajstić information content (AvgIpc) is 2.41. The summed E-state index contributed by atoms with van der Waals surface area (Å²) in [6.45, 7) is 5.93. The predicted octanol–water partition coefficient (Wildman–Crippen LogP) is 4.81. The van der Waals surface area contributed by atoms with Crippen molar-refractivity contribution in [2.24, 2.45) is 0 Å². The molecule has 0 aliphatic heterocycles. The third-order valence-electron chi connectivity index (χ3n) is 3.05. The number of aliphatic hydroxyl groups is 1. The largest absolute Gasteiger partial charge is 0.438 e. The van der Waals surface area contributed by atoms with E-state index in [0.29, 0.717) is 17.4 Å². The minimum Gasteiger partial charge on any atom is -0.438 e. The second kappa shape index (κ2) is 6.37. The minimum absolute atomic E-state index is 0.334. The first-order valence-electron chi connectivity index (χ1n) is 6.59. The van der Waals surface area contributed by atoms with Gasteiger partial charge in [-0.2, -0.15) is 0 Å². The van der Waals surface area contributed by atoms with E-state index < -0.39 is 6.10 Å². The highest BCUT2D eigenvalue weighted by Crippen LogP contribution is 2.34. The number of halogens is 1. The van der Waals surface area contributed by atoms with E-state index in [0.717, 1.165) is 15.8 Å². The molecule has 3 nitrogen and oxygen atoms in total. The van der Waals surface area contributed by atoms with Crippen molar-refractivity contribution < 1.29 is 9.84 Å². The van der Waals surface area contributed by atoms with Gasteiger partial charge < -0.3 is 9.84 Å². The smallest absolute Gasteiger partial charge is 0.225 e. The van der Waals surface area contributed by atoms with Crippen molar-refractivity contribution in [1.82, 2.24) is 4.98 Å². The number of nitrogens with zero attached hydrogens (tertiary/aromatic N) is 1. The lowest BCUT2D eigenvalue weighted by Gasteiger charge is -2.16. The summed E-state index contributed by atoms with van der Waals surface area (Å²) in [5.74, 6) is 1.55. The summed E-state index contributed by atoms with van der Waals surface area (Å²) in [5.41, 5.74) is 1.78. The van der Waals surface area contributed by atoms with Gasteiger partial charge in [-0.1, -0.05) is 29.8 Å². The quantitative estimate of drug-likeness (QED) is 0.871. The van der Waals surface area contributed by atoms with Crippen LogP contribution in [0.4, 0.5) is 0 Å². The molecule has 0 bridgehead atoms. The highest BCUT2D eigenvalue weighted by molar-refractivity contribution is 9.10. The van der Waals surface area contributed by atoms with Crippen molar-refractivity contribution >= 4 is 15.9 Å². The Morgan fingerprint density at radius 1 is 1.15 bits per heavy atom. The fourth-order valence-electron chi connectivity index (χ4n) is 1.97. The molecule has 1 aromatic heterocycles. The molecule has 106 valence electrons. The number of ether oxygens (including phenoxy) is 1. The van der Waals surface area contributed by atoms with Crippen LogP contribution in [0.3, 0.4) is 0 Å². The van der Waals surface area contributed by atoms with Crippen molar-refractivity contribution in [3.8, 4) is 11.6 Å². The van der Waals surface area contributed by atoms with E-state index in [1.807, 2.05) is 24.3 Å². The molecular formula is C16H18BrNO2. The molecule has 0 radical (unpaired) electrons. The first-order valence-corrected chi connectivity index (χ1v) is 7.38. The maximum atomic E-state index is 9.78. The number of hydrogen-bond acceptors (Lipinski definition) is 3. The lowest BCUT2D eigenvalue weighted by molar-refractivity contribution is 0.194. The van der Waals surface area contributed by atoms with Crippen LogP contribution in [0.15, 0.2) is 41.0 Å². The number of rotatable bonds is 4. The van der Waals surface area contributed by atoms with Gasteiger partial charge in [0.2, 0.25) is 5.88 Å². The van der Waals surface area contributed by atoms with Gasteiger partial charge in [0.05, 0.1) is 6.10 Å². The maximum Gasteiger partial charge on any atom is 0.225 e. The molecule has 0 aliphatic rings. The number of pyridine rings is 1. The zero-order valence-corrected chi connectivity index (χ0v) is 13.4. The molecule has 0 spiro atoms. The molecule has 0 aliphatic carbocycles. The number of aromatic nitrogens is 1. The van der Waals surface area contributed by atoms with Crippen LogP contribution in [-0.2, 0) is 0 Å². The Labute approximate surface area is 127 Å². The maximum absolute atomic E-state index is 9.78. The summed E-state index contributed by atoms with van der Waals surface area (Å²) >= 11 is 3.48. The van der Waals surface area contributed by atoms with E-state index in [1.54, 1.807) is 19.2 Å². The molecule has 0 saturated heterocycles. The van der Waals surface area contributed by atoms with E-state index in [-0.39, 0.29) is 0 Å². The number of hydrogen-bond donors (Lipinski definition) is 1. The zero-order valence-electron chi connectivity index (χ0n) is 11.8. The highest BCUT2D eigenvalue weighted by Gasteiger charge is 2.14. The fourth-order valence-corrected chi connectivity index (χ4v) is 2.35. The molecule has 0 amide bonds. The number of benzene rings is 1. The number of aliphatic hydroxyl groups excluding tert-OH is 1. The third kappa shape index (κ3) is 3.38. The Hall–Kier alpha value is -1.39. The summed E-state index contributed by atoms with van der Waals surface area (Å²) in [6, 6.07) is 9.51. The molecule has 1 heterocycles. The van der Waals surface area contributed by atoms with Gasteiger partial charge in [0.15, 0.2) is 0 Å². The van der Waals surface area contributed by atoms with Crippen LogP contribution in [0.2, 0.25) is 0 Å². The van der Waals surface area contributed by atoms with Gasteiger partial charge in [-0.05, 0) is 48.7 Å². The molecule has 2 rings (SSSR count). The molecular weight excluding hydrogens is 318 g/mol. The molecule has 20 heavy (non-hydrogen) atoms. The second-order valence-electron chi connectivity index (χ2n) is 5.01. The summed E-state index contributed by atoms with van der Waals surface area (Å²) in [7, 11) is 0. The van der Waals surface area contributed by atoms with Gasteiger partial charge >= 0.3 is 0 Å². The van der Waals surface area contributed by atoms with Gasteiger partial charge in [0.25, 0.3) is 0 Å². The van der Waals surface area contributed by atoms with Crippen molar-refractivity contribution in [2.45, 2.75) is 32.8 Å². The predicted molar refractivity (Wildman–Crippen MR) is 83.2 cm³/mol. The van der Waals surface area contributed by atoms with Crippen LogP contribution in [0.25, 0.3) is 0 Å². The normalized spacial score (nSPS) is 12.5. The molecule has 1 atom stereocenters. The third-order valence-corrected chi connectivity index (χ3v) is 3.54. The van der Waals surface area contributed by atoms with Crippen LogP contribution in [0.1, 0.15) is 43.9 Å². The fraction of sp³-hybridized carbons (Fsp3) is 0.312. The van der Waals surface area contributed by atoms with Gasteiger partial charge in [-0.15, -0.1) is 0 Å². The van der Waals surface area contributed by atoms with Crippen molar-refractivity contribution in [2.75, 3.05) is 0 Å². The molecule has 4 heteroatoms. The molecule has 0 fully saturated rings. The molecule has 2 aromatic rings. The highest BCUT2D eigenvalue weighted by atomic mass is 79.9. The zero-order chi connectivity index (χ0) is 14.7. The van der Waals surface area contributed by atoms with Gasteiger partial charge in [0, 0.05) is 16.2 Å². The van der Waals surface area contributed by atoms with Crippen LogP contribution < -0.4 is 4.74 Å². The van der Waals surface area contributed by atoms with Gasteiger partial charge in [-0.25, -0.2) is 4.98 Å². The Bertz CT molecular complexity index is 597. The lowest BCUT2D eigenvalue weighted by Crippen LogP contribution is -2.00. The SMILES string of the molecule is CC(C)c1cc(Br)ccc1Oc1ncccc1[C@@H](C)O. The van der Waals surface area contributed by atoms with Crippen LogP contribution in [-0.4, -0.2) is 10.1 Å². The van der Waals surface area contributed by atoms with Gasteiger partial charge in [-0.3, -0.25) is 0 Å². The second-order valence-corrected chi connectivity index (χ2v) is 5.93. The Morgan fingerprint density at radius 3 is 2.55 bits per heavy atom. The average molecular weight is 336 g/mol. The van der Waals surface area contributed by atoms with Crippen molar-refractivity contribution in [3.05, 3.63) is 52.1 Å². The molecule has 1 aromatic carbocycles. The van der Waals surface area contributed by atoms with E-state index in [2.05, 4.69) is 34.8 Å². The van der Waals surface area contributed by atoms with E-state index in [4.69, 9.17) is 4.74 Å². The van der Waals surface area contributed by atoms with Crippen LogP contribution in [0.5, 0.6) is 11.6 Å². The first-order chi connectivity index (χ1) is 9.49. The van der Waals surface area contributed by atoms with Crippen molar-refractivity contribution in [1.29, 1.82) is 0 Å². The lowest BCUT2D eigenvalue weighted by atomic mass is 10.0. The molecule has 0 unspecified atom stereocenters. The summed E-state index contributed by atoms with van der Waals surface area (Å²) in [5, 5.41) is 9.78. The summed E-state index contributed by atoms with van der Waals surface area (Å²) in [6.07, 6.45) is 1.05. The summed E-state index contributed by atoms with van der Waals surface area (Å²) in [4.78, 5) is 4.22. The van der Waals surface area contributed by atoms with Crippen LogP contribution >= 0.6 is 15.9 Å². The molecule has 0 saturated carbocycles. The van der Waals surface area contributed by atoms with E-state index in [9.17, 15) is 5.11 Å². The molecule has 1 N–H and O–H groups in total. The van der Waals surface area contributed by atoms with Gasteiger partial charge in [0.1, 0.15) is 5.75 Å². The summed E-state index contributed by atoms with van der Waals surface area (Å²) < 4.78 is 6.95. The minimum atomic E-state index is -0.614. The van der Waals surface area contributed by atoms with Crippen LogP contribution in [0, 0.1) is 0 Å². The first kappa shape index (κ1) is 15.0. The Morgan fingerprint density at radius 2 is 1.90 bits per heavy atom. The Kier molecular flexibility index (Phi) is 4.78. The monoisotopic (exact) mass is 335 g/mol. The van der Waals surface area contributed by atoms with Crippen molar-refractivity contribution in [3.63, 3.8) is 0 Å². The standard InChI is InChI=1S/C16H18BrNO2/c1-10(2)14-9-12(17)6-7-15(14)20-16-13(11(3)19)5-4-8-18-16/h4-11,19H,1-3H3/t11-/m1/s1. The van der Waals surface area contributed by atoms with E-state index in [1.165, 1.54) is 0 Å². The topological polar surface area (TPSA) is 42.4 Å². The Balaban J connectivity index is 2.40.